The molecule has 7 heteroatoms. The fourth-order valence-corrected chi connectivity index (χ4v) is 3.35. The van der Waals surface area contributed by atoms with Crippen molar-refractivity contribution in [1.29, 1.82) is 0 Å². The van der Waals surface area contributed by atoms with E-state index in [2.05, 4.69) is 63.8 Å². The summed E-state index contributed by atoms with van der Waals surface area (Å²) in [4.78, 5) is 8.93. The van der Waals surface area contributed by atoms with Gasteiger partial charge in [0.05, 0.1) is 6.54 Å². The van der Waals surface area contributed by atoms with Crippen molar-refractivity contribution in [2.45, 2.75) is 51.3 Å². The van der Waals surface area contributed by atoms with Crippen LogP contribution in [0.3, 0.4) is 0 Å². The number of methoxy groups -OCH3 is 1. The monoisotopic (exact) mass is 370 g/mol. The van der Waals surface area contributed by atoms with Gasteiger partial charge in [0.15, 0.2) is 11.8 Å². The van der Waals surface area contributed by atoms with Gasteiger partial charge in [0, 0.05) is 38.6 Å². The van der Waals surface area contributed by atoms with E-state index in [1.165, 1.54) is 5.56 Å². The molecule has 2 N–H and O–H groups in total. The minimum absolute atomic E-state index is 0.0135. The van der Waals surface area contributed by atoms with E-state index in [-0.39, 0.29) is 11.5 Å². The highest BCUT2D eigenvalue weighted by molar-refractivity contribution is 5.80. The number of hydrogen-bond acceptors (Lipinski definition) is 4. The molecule has 1 aliphatic rings. The van der Waals surface area contributed by atoms with Crippen LogP contribution in [0.2, 0.25) is 0 Å². The van der Waals surface area contributed by atoms with Crippen molar-refractivity contribution in [3.63, 3.8) is 0 Å². The molecule has 1 aliphatic heterocycles. The van der Waals surface area contributed by atoms with Gasteiger partial charge >= 0.3 is 0 Å². The molecule has 1 aromatic carbocycles. The normalized spacial score (nSPS) is 17.5. The van der Waals surface area contributed by atoms with E-state index in [0.717, 1.165) is 43.5 Å². The number of hydrogen-bond donors (Lipinski definition) is 2. The minimum atomic E-state index is 0.0135. The fraction of sp³-hybridized carbons (Fsp3) is 0.550. The zero-order chi connectivity index (χ0) is 19.3. The lowest BCUT2D eigenvalue weighted by molar-refractivity contribution is 0.177. The fourth-order valence-electron chi connectivity index (χ4n) is 3.35. The van der Waals surface area contributed by atoms with Crippen molar-refractivity contribution in [2.75, 3.05) is 20.7 Å². The summed E-state index contributed by atoms with van der Waals surface area (Å²) in [5.74, 6) is 2.61. The molecule has 0 bridgehead atoms. The van der Waals surface area contributed by atoms with Gasteiger partial charge in [-0.1, -0.05) is 44.2 Å². The standard InChI is InChI=1S/C20H30N6O/c1-20(2,15-8-6-5-7-9-15)14-22-19(21-3)23-16-10-11-18-24-17(13-27-4)25-26(18)12-16/h5-9,16H,10-14H2,1-4H3,(H2,21,22,23). The number of benzene rings is 1. The number of ether oxygens (including phenoxy) is 1. The lowest BCUT2D eigenvalue weighted by Gasteiger charge is -2.29. The number of nitrogens with zero attached hydrogens (tertiary/aromatic N) is 4. The first-order valence-corrected chi connectivity index (χ1v) is 9.46. The number of nitrogens with one attached hydrogen (secondary N) is 2. The number of aliphatic imine (C=N–C) groups is 1. The summed E-state index contributed by atoms with van der Waals surface area (Å²) in [5.41, 5.74) is 1.32. The molecular formula is C20H30N6O. The van der Waals surface area contributed by atoms with E-state index in [1.54, 1.807) is 7.11 Å². The predicted octanol–water partition coefficient (Wildman–Crippen LogP) is 1.88. The summed E-state index contributed by atoms with van der Waals surface area (Å²) >= 11 is 0. The molecule has 0 amide bonds. The summed E-state index contributed by atoms with van der Waals surface area (Å²) in [6.07, 6.45) is 1.91. The molecule has 3 rings (SSSR count). The van der Waals surface area contributed by atoms with Crippen LogP contribution in [-0.2, 0) is 29.7 Å². The first-order valence-electron chi connectivity index (χ1n) is 9.46. The summed E-state index contributed by atoms with van der Waals surface area (Å²) in [6, 6.07) is 10.8. The quantitative estimate of drug-likeness (QED) is 0.600. The van der Waals surface area contributed by atoms with E-state index in [4.69, 9.17) is 4.74 Å². The molecule has 7 nitrogen and oxygen atoms in total. The maximum absolute atomic E-state index is 5.13. The topological polar surface area (TPSA) is 76.4 Å². The van der Waals surface area contributed by atoms with E-state index in [0.29, 0.717) is 6.61 Å². The van der Waals surface area contributed by atoms with Crippen LogP contribution in [0.4, 0.5) is 0 Å². The first-order chi connectivity index (χ1) is 13.0. The second-order valence-electron chi connectivity index (χ2n) is 7.61. The zero-order valence-corrected chi connectivity index (χ0v) is 16.7. The molecule has 1 atom stereocenters. The van der Waals surface area contributed by atoms with E-state index in [1.807, 2.05) is 17.8 Å². The van der Waals surface area contributed by atoms with Crippen LogP contribution in [-0.4, -0.2) is 47.5 Å². The van der Waals surface area contributed by atoms with E-state index < -0.39 is 0 Å². The summed E-state index contributed by atoms with van der Waals surface area (Å²) < 4.78 is 7.11. The smallest absolute Gasteiger partial charge is 0.191 e. The Hall–Kier alpha value is -2.41. The second-order valence-corrected chi connectivity index (χ2v) is 7.61. The highest BCUT2D eigenvalue weighted by atomic mass is 16.5. The third-order valence-electron chi connectivity index (χ3n) is 4.99. The van der Waals surface area contributed by atoms with E-state index in [9.17, 15) is 0 Å². The summed E-state index contributed by atoms with van der Waals surface area (Å²) in [7, 11) is 3.47. The Kier molecular flexibility index (Phi) is 6.11. The Labute approximate surface area is 161 Å². The third-order valence-corrected chi connectivity index (χ3v) is 4.99. The molecule has 0 radical (unpaired) electrons. The Morgan fingerprint density at radius 2 is 2.11 bits per heavy atom. The number of guanidine groups is 1. The van der Waals surface area contributed by atoms with Gasteiger partial charge < -0.3 is 15.4 Å². The molecule has 27 heavy (non-hydrogen) atoms. The van der Waals surface area contributed by atoms with E-state index >= 15 is 0 Å². The maximum Gasteiger partial charge on any atom is 0.191 e. The van der Waals surface area contributed by atoms with Crippen molar-refractivity contribution in [2.24, 2.45) is 4.99 Å². The number of rotatable bonds is 6. The number of fused-ring (bicyclic) bond motifs is 1. The molecule has 1 aromatic heterocycles. The van der Waals surface area contributed by atoms with Gasteiger partial charge in [-0.25, -0.2) is 9.67 Å². The van der Waals surface area contributed by atoms with Crippen LogP contribution < -0.4 is 10.6 Å². The lowest BCUT2D eigenvalue weighted by atomic mass is 9.85. The van der Waals surface area contributed by atoms with Gasteiger partial charge in [0.2, 0.25) is 0 Å². The SMILES string of the molecule is CN=C(NCC(C)(C)c1ccccc1)NC1CCc2nc(COC)nn2C1. The molecule has 1 unspecified atom stereocenters. The molecule has 2 heterocycles. The van der Waals surface area contributed by atoms with Gasteiger partial charge in [-0.3, -0.25) is 4.99 Å². The van der Waals surface area contributed by atoms with Crippen LogP contribution >= 0.6 is 0 Å². The average molecular weight is 371 g/mol. The minimum Gasteiger partial charge on any atom is -0.377 e. The van der Waals surface area contributed by atoms with Crippen LogP contribution in [0, 0.1) is 0 Å². The Morgan fingerprint density at radius 1 is 1.33 bits per heavy atom. The van der Waals surface area contributed by atoms with Crippen molar-refractivity contribution in [1.82, 2.24) is 25.4 Å². The third kappa shape index (κ3) is 4.86. The maximum atomic E-state index is 5.13. The van der Waals surface area contributed by atoms with Crippen LogP contribution in [0.1, 0.15) is 37.5 Å². The lowest BCUT2D eigenvalue weighted by Crippen LogP contribution is -2.49. The van der Waals surface area contributed by atoms with Gasteiger partial charge in [0.1, 0.15) is 12.4 Å². The zero-order valence-electron chi connectivity index (χ0n) is 16.7. The Balaban J connectivity index is 1.56. The Morgan fingerprint density at radius 3 is 2.81 bits per heavy atom. The van der Waals surface area contributed by atoms with Crippen LogP contribution in [0.25, 0.3) is 0 Å². The molecule has 0 saturated carbocycles. The molecule has 2 aromatic rings. The van der Waals surface area contributed by atoms with Crippen molar-refractivity contribution < 1.29 is 4.74 Å². The van der Waals surface area contributed by atoms with Gasteiger partial charge in [0.25, 0.3) is 0 Å². The highest BCUT2D eigenvalue weighted by Crippen LogP contribution is 2.21. The molecular weight excluding hydrogens is 340 g/mol. The predicted molar refractivity (Wildman–Crippen MR) is 107 cm³/mol. The molecule has 0 saturated heterocycles. The molecule has 146 valence electrons. The van der Waals surface area contributed by atoms with Gasteiger partial charge in [-0.05, 0) is 12.0 Å². The van der Waals surface area contributed by atoms with Gasteiger partial charge in [-0.15, -0.1) is 0 Å². The summed E-state index contributed by atoms with van der Waals surface area (Å²) in [5, 5.41) is 11.5. The largest absolute Gasteiger partial charge is 0.377 e. The van der Waals surface area contributed by atoms with Crippen LogP contribution in [0.15, 0.2) is 35.3 Å². The summed E-state index contributed by atoms with van der Waals surface area (Å²) in [6.45, 7) is 6.52. The van der Waals surface area contributed by atoms with Crippen LogP contribution in [0.5, 0.6) is 0 Å². The molecule has 0 spiro atoms. The van der Waals surface area contributed by atoms with Crippen molar-refractivity contribution in [3.05, 3.63) is 47.5 Å². The number of aryl methyl sites for hydroxylation is 1. The Bertz CT molecular complexity index is 768. The number of aromatic nitrogens is 3. The molecule has 0 fully saturated rings. The second kappa shape index (κ2) is 8.52. The van der Waals surface area contributed by atoms with Crippen molar-refractivity contribution in [3.8, 4) is 0 Å². The average Bonchev–Trinajstić information content (AvgIpc) is 3.07. The van der Waals surface area contributed by atoms with Gasteiger partial charge in [-0.2, -0.15) is 5.10 Å². The molecule has 0 aliphatic carbocycles. The van der Waals surface area contributed by atoms with Crippen molar-refractivity contribution >= 4 is 5.96 Å². The highest BCUT2D eigenvalue weighted by Gasteiger charge is 2.24. The first kappa shape index (κ1) is 19.4.